The van der Waals surface area contributed by atoms with Crippen LogP contribution in [0.5, 0.6) is 5.75 Å². The first-order valence-corrected chi connectivity index (χ1v) is 6.54. The van der Waals surface area contributed by atoms with Crippen LogP contribution in [-0.2, 0) is 6.42 Å². The first kappa shape index (κ1) is 14.2. The van der Waals surface area contributed by atoms with Gasteiger partial charge in [0.25, 0.3) is 0 Å². The molecular formula is C14H18F3NO. The van der Waals surface area contributed by atoms with E-state index in [1.165, 1.54) is 0 Å². The number of fused-ring (bicyclic) bond motifs is 1. The summed E-state index contributed by atoms with van der Waals surface area (Å²) < 4.78 is 41.3. The third-order valence-corrected chi connectivity index (χ3v) is 3.35. The van der Waals surface area contributed by atoms with E-state index >= 15 is 0 Å². The van der Waals surface area contributed by atoms with Crippen molar-refractivity contribution in [2.45, 2.75) is 44.3 Å². The zero-order chi connectivity index (χ0) is 13.9. The van der Waals surface area contributed by atoms with Gasteiger partial charge in [-0.15, -0.1) is 0 Å². The van der Waals surface area contributed by atoms with Crippen molar-refractivity contribution in [1.29, 1.82) is 0 Å². The largest absolute Gasteiger partial charge is 0.494 e. The van der Waals surface area contributed by atoms with E-state index in [0.29, 0.717) is 5.75 Å². The van der Waals surface area contributed by atoms with Gasteiger partial charge >= 0.3 is 6.18 Å². The maximum Gasteiger partial charge on any atom is 0.389 e. The molecule has 2 nitrogen and oxygen atoms in total. The average molecular weight is 273 g/mol. The quantitative estimate of drug-likeness (QED) is 0.848. The fourth-order valence-electron chi connectivity index (χ4n) is 2.38. The Kier molecular flexibility index (Phi) is 4.34. The molecule has 106 valence electrons. The number of ether oxygens (including phenoxy) is 1. The molecule has 2 rings (SSSR count). The van der Waals surface area contributed by atoms with Gasteiger partial charge in [-0.05, 0) is 48.9 Å². The summed E-state index contributed by atoms with van der Waals surface area (Å²) in [5, 5.41) is 0. The van der Waals surface area contributed by atoms with Crippen LogP contribution in [0.2, 0.25) is 0 Å². The lowest BCUT2D eigenvalue weighted by atomic mass is 9.88. The maximum atomic E-state index is 12.0. The molecule has 1 aliphatic rings. The van der Waals surface area contributed by atoms with E-state index in [-0.39, 0.29) is 19.1 Å². The van der Waals surface area contributed by atoms with Gasteiger partial charge in [-0.25, -0.2) is 0 Å². The van der Waals surface area contributed by atoms with Crippen LogP contribution in [0, 0.1) is 0 Å². The average Bonchev–Trinajstić information content (AvgIpc) is 2.34. The second-order valence-corrected chi connectivity index (χ2v) is 4.93. The lowest BCUT2D eigenvalue weighted by Crippen LogP contribution is -2.17. The monoisotopic (exact) mass is 273 g/mol. The predicted molar refractivity (Wildman–Crippen MR) is 67.1 cm³/mol. The van der Waals surface area contributed by atoms with Crippen molar-refractivity contribution in [3.63, 3.8) is 0 Å². The summed E-state index contributed by atoms with van der Waals surface area (Å²) in [6, 6.07) is 5.70. The lowest BCUT2D eigenvalue weighted by Gasteiger charge is -2.22. The minimum atomic E-state index is -4.11. The number of halogens is 3. The molecule has 1 aromatic rings. The number of aryl methyl sites for hydroxylation is 1. The zero-order valence-electron chi connectivity index (χ0n) is 10.7. The van der Waals surface area contributed by atoms with Gasteiger partial charge in [0, 0.05) is 12.5 Å². The molecule has 0 aromatic heterocycles. The molecule has 1 unspecified atom stereocenters. The van der Waals surface area contributed by atoms with Crippen molar-refractivity contribution in [3.05, 3.63) is 29.3 Å². The van der Waals surface area contributed by atoms with Crippen molar-refractivity contribution in [1.82, 2.24) is 0 Å². The van der Waals surface area contributed by atoms with Crippen LogP contribution in [0.3, 0.4) is 0 Å². The fourth-order valence-corrected chi connectivity index (χ4v) is 2.38. The van der Waals surface area contributed by atoms with Crippen molar-refractivity contribution < 1.29 is 17.9 Å². The van der Waals surface area contributed by atoms with Gasteiger partial charge in [0.05, 0.1) is 6.61 Å². The van der Waals surface area contributed by atoms with Crippen molar-refractivity contribution in [2.75, 3.05) is 6.61 Å². The summed E-state index contributed by atoms with van der Waals surface area (Å²) in [5.74, 6) is 0.634. The molecule has 0 radical (unpaired) electrons. The number of benzene rings is 1. The lowest BCUT2D eigenvalue weighted by molar-refractivity contribution is -0.136. The Bertz CT molecular complexity index is 431. The zero-order valence-corrected chi connectivity index (χ0v) is 10.7. The van der Waals surface area contributed by atoms with Gasteiger partial charge in [0.15, 0.2) is 0 Å². The standard InChI is InChI=1S/C14H18F3NO/c15-14(16,17)7-2-8-19-11-5-6-12-10(9-11)3-1-4-13(12)18/h5-6,9,13H,1-4,7-8,18H2. The summed E-state index contributed by atoms with van der Waals surface area (Å²) in [7, 11) is 0. The summed E-state index contributed by atoms with van der Waals surface area (Å²) >= 11 is 0. The van der Waals surface area contributed by atoms with E-state index < -0.39 is 12.6 Å². The Morgan fingerprint density at radius 1 is 1.32 bits per heavy atom. The highest BCUT2D eigenvalue weighted by molar-refractivity contribution is 5.38. The summed E-state index contributed by atoms with van der Waals surface area (Å²) in [4.78, 5) is 0. The topological polar surface area (TPSA) is 35.2 Å². The van der Waals surface area contributed by atoms with E-state index in [1.54, 1.807) is 6.07 Å². The minimum Gasteiger partial charge on any atom is -0.494 e. The molecule has 0 aliphatic heterocycles. The van der Waals surface area contributed by atoms with Crippen molar-refractivity contribution >= 4 is 0 Å². The molecule has 0 saturated heterocycles. The van der Waals surface area contributed by atoms with Crippen molar-refractivity contribution in [2.24, 2.45) is 5.73 Å². The smallest absolute Gasteiger partial charge is 0.389 e. The Labute approximate surface area is 110 Å². The fraction of sp³-hybridized carbons (Fsp3) is 0.571. The number of hydrogen-bond acceptors (Lipinski definition) is 2. The number of alkyl halides is 3. The molecule has 0 fully saturated rings. The second kappa shape index (κ2) is 5.82. The summed E-state index contributed by atoms with van der Waals surface area (Å²) in [5.41, 5.74) is 8.29. The van der Waals surface area contributed by atoms with E-state index in [0.717, 1.165) is 30.4 Å². The van der Waals surface area contributed by atoms with Gasteiger partial charge in [-0.2, -0.15) is 13.2 Å². The van der Waals surface area contributed by atoms with Crippen LogP contribution in [-0.4, -0.2) is 12.8 Å². The van der Waals surface area contributed by atoms with E-state index in [1.807, 2.05) is 12.1 Å². The van der Waals surface area contributed by atoms with Crippen molar-refractivity contribution in [3.8, 4) is 5.75 Å². The summed E-state index contributed by atoms with van der Waals surface area (Å²) in [6.45, 7) is 0.0876. The predicted octanol–water partition coefficient (Wildman–Crippen LogP) is 3.74. The molecular weight excluding hydrogens is 255 g/mol. The molecule has 1 atom stereocenters. The Morgan fingerprint density at radius 3 is 2.84 bits per heavy atom. The molecule has 0 spiro atoms. The Morgan fingerprint density at radius 2 is 2.11 bits per heavy atom. The van der Waals surface area contributed by atoms with Crippen LogP contribution in [0.15, 0.2) is 18.2 Å². The van der Waals surface area contributed by atoms with Crippen LogP contribution < -0.4 is 10.5 Å². The van der Waals surface area contributed by atoms with Gasteiger partial charge in [0.1, 0.15) is 5.75 Å². The molecule has 2 N–H and O–H groups in total. The van der Waals surface area contributed by atoms with Gasteiger partial charge < -0.3 is 10.5 Å². The number of hydrogen-bond donors (Lipinski definition) is 1. The molecule has 0 bridgehead atoms. The van der Waals surface area contributed by atoms with Crippen LogP contribution >= 0.6 is 0 Å². The SMILES string of the molecule is NC1CCCc2cc(OCCCC(F)(F)F)ccc21. The molecule has 1 aliphatic carbocycles. The van der Waals surface area contributed by atoms with Gasteiger partial charge in [0.2, 0.25) is 0 Å². The number of rotatable bonds is 4. The first-order chi connectivity index (χ1) is 8.96. The first-order valence-electron chi connectivity index (χ1n) is 6.54. The van der Waals surface area contributed by atoms with Crippen LogP contribution in [0.1, 0.15) is 42.9 Å². The molecule has 0 amide bonds. The minimum absolute atomic E-state index is 0.0138. The van der Waals surface area contributed by atoms with Crippen LogP contribution in [0.25, 0.3) is 0 Å². The second-order valence-electron chi connectivity index (χ2n) is 4.93. The number of nitrogens with two attached hydrogens (primary N) is 1. The summed E-state index contributed by atoms with van der Waals surface area (Å²) in [6.07, 6.45) is -1.93. The molecule has 19 heavy (non-hydrogen) atoms. The van der Waals surface area contributed by atoms with Gasteiger partial charge in [-0.3, -0.25) is 0 Å². The third kappa shape index (κ3) is 4.13. The highest BCUT2D eigenvalue weighted by Gasteiger charge is 2.26. The molecule has 1 aromatic carbocycles. The van der Waals surface area contributed by atoms with Gasteiger partial charge in [-0.1, -0.05) is 6.07 Å². The van der Waals surface area contributed by atoms with E-state index in [2.05, 4.69) is 0 Å². The highest BCUT2D eigenvalue weighted by Crippen LogP contribution is 2.30. The van der Waals surface area contributed by atoms with E-state index in [4.69, 9.17) is 10.5 Å². The molecule has 0 saturated carbocycles. The normalized spacial score (nSPS) is 19.1. The third-order valence-electron chi connectivity index (χ3n) is 3.35. The maximum absolute atomic E-state index is 12.0. The van der Waals surface area contributed by atoms with E-state index in [9.17, 15) is 13.2 Å². The Balaban J connectivity index is 1.88. The highest BCUT2D eigenvalue weighted by atomic mass is 19.4. The Hall–Kier alpha value is -1.23. The van der Waals surface area contributed by atoms with Crippen LogP contribution in [0.4, 0.5) is 13.2 Å². The molecule has 5 heteroatoms. The molecule has 0 heterocycles.